The van der Waals surface area contributed by atoms with Crippen molar-refractivity contribution >= 4 is 22.7 Å². The second kappa shape index (κ2) is 8.41. The first-order chi connectivity index (χ1) is 14.6. The molecular weight excluding hydrogens is 376 g/mol. The van der Waals surface area contributed by atoms with E-state index in [4.69, 9.17) is 9.15 Å². The third-order valence-electron chi connectivity index (χ3n) is 5.31. The Morgan fingerprint density at radius 2 is 1.90 bits per heavy atom. The summed E-state index contributed by atoms with van der Waals surface area (Å²) in [6.45, 7) is 4.39. The third kappa shape index (κ3) is 4.06. The lowest BCUT2D eigenvalue weighted by Crippen LogP contribution is -2.11. The van der Waals surface area contributed by atoms with E-state index in [1.54, 1.807) is 31.4 Å². The average Bonchev–Trinajstić information content (AvgIpc) is 3.22. The molecule has 30 heavy (non-hydrogen) atoms. The van der Waals surface area contributed by atoms with Crippen molar-refractivity contribution in [3.05, 3.63) is 77.9 Å². The van der Waals surface area contributed by atoms with Crippen molar-refractivity contribution in [3.8, 4) is 17.2 Å². The second-order valence-electron chi connectivity index (χ2n) is 7.32. The lowest BCUT2D eigenvalue weighted by Gasteiger charge is -2.07. The Balaban J connectivity index is 1.52. The van der Waals surface area contributed by atoms with Gasteiger partial charge in [0.15, 0.2) is 5.58 Å². The number of oxazole rings is 1. The van der Waals surface area contributed by atoms with E-state index in [9.17, 15) is 4.79 Å². The van der Waals surface area contributed by atoms with Gasteiger partial charge in [0.2, 0.25) is 5.89 Å². The molecule has 4 aromatic rings. The molecule has 152 valence electrons. The standard InChI is InChI=1S/C25H24N2O3/c1-4-16(2)18-10-13-23-22(15-18)27-25(30-23)17-8-11-20(12-9-17)26-24(28)19-6-5-7-21(14-19)29-3/h5-16H,4H2,1-3H3,(H,26,28)/t16-/m0/s1. The van der Waals surface area contributed by atoms with Crippen LogP contribution in [0.3, 0.4) is 0 Å². The maximum Gasteiger partial charge on any atom is 0.255 e. The zero-order chi connectivity index (χ0) is 21.1. The van der Waals surface area contributed by atoms with Gasteiger partial charge in [0.25, 0.3) is 5.91 Å². The van der Waals surface area contributed by atoms with Gasteiger partial charge < -0.3 is 14.5 Å². The largest absolute Gasteiger partial charge is 0.497 e. The van der Waals surface area contributed by atoms with Crippen LogP contribution in [0.15, 0.2) is 71.1 Å². The minimum absolute atomic E-state index is 0.193. The molecule has 1 amide bonds. The van der Waals surface area contributed by atoms with Gasteiger partial charge in [0, 0.05) is 16.8 Å². The first-order valence-corrected chi connectivity index (χ1v) is 10.0. The highest BCUT2D eigenvalue weighted by Gasteiger charge is 2.12. The van der Waals surface area contributed by atoms with Crippen LogP contribution in [0.4, 0.5) is 5.69 Å². The van der Waals surface area contributed by atoms with Crippen molar-refractivity contribution in [1.82, 2.24) is 4.98 Å². The number of hydrogen-bond donors (Lipinski definition) is 1. The highest BCUT2D eigenvalue weighted by Crippen LogP contribution is 2.28. The number of carbonyl (C=O) groups excluding carboxylic acids is 1. The summed E-state index contributed by atoms with van der Waals surface area (Å²) in [4.78, 5) is 17.1. The zero-order valence-electron chi connectivity index (χ0n) is 17.3. The van der Waals surface area contributed by atoms with Crippen LogP contribution in [0.25, 0.3) is 22.6 Å². The van der Waals surface area contributed by atoms with Crippen molar-refractivity contribution < 1.29 is 13.9 Å². The summed E-state index contributed by atoms with van der Waals surface area (Å²) in [6.07, 6.45) is 1.08. The van der Waals surface area contributed by atoms with Crippen LogP contribution < -0.4 is 10.1 Å². The molecule has 0 aliphatic rings. The van der Waals surface area contributed by atoms with Gasteiger partial charge in [0.1, 0.15) is 11.3 Å². The van der Waals surface area contributed by atoms with Crippen LogP contribution in [0.1, 0.15) is 42.1 Å². The van der Waals surface area contributed by atoms with Gasteiger partial charge in [-0.05, 0) is 72.5 Å². The van der Waals surface area contributed by atoms with E-state index in [1.165, 1.54) is 5.56 Å². The monoisotopic (exact) mass is 400 g/mol. The summed E-state index contributed by atoms with van der Waals surface area (Å²) >= 11 is 0. The first kappa shape index (κ1) is 19.7. The molecule has 3 aromatic carbocycles. The van der Waals surface area contributed by atoms with Gasteiger partial charge >= 0.3 is 0 Å². The van der Waals surface area contributed by atoms with Crippen LogP contribution in [-0.2, 0) is 0 Å². The van der Waals surface area contributed by atoms with Crippen LogP contribution in [0.5, 0.6) is 5.75 Å². The van der Waals surface area contributed by atoms with E-state index in [2.05, 4.69) is 36.3 Å². The van der Waals surface area contributed by atoms with Gasteiger partial charge in [0.05, 0.1) is 7.11 Å². The lowest BCUT2D eigenvalue weighted by molar-refractivity contribution is 0.102. The number of nitrogens with zero attached hydrogens (tertiary/aromatic N) is 1. The number of fused-ring (bicyclic) bond motifs is 1. The normalized spacial score (nSPS) is 12.0. The Bertz CT molecular complexity index is 1180. The quantitative estimate of drug-likeness (QED) is 0.414. The van der Waals surface area contributed by atoms with Crippen LogP contribution in [0, 0.1) is 0 Å². The topological polar surface area (TPSA) is 64.4 Å². The number of benzene rings is 3. The minimum atomic E-state index is -0.193. The van der Waals surface area contributed by atoms with Crippen molar-refractivity contribution in [2.45, 2.75) is 26.2 Å². The van der Waals surface area contributed by atoms with Crippen molar-refractivity contribution in [2.75, 3.05) is 12.4 Å². The number of anilines is 1. The highest BCUT2D eigenvalue weighted by molar-refractivity contribution is 6.04. The van der Waals surface area contributed by atoms with E-state index < -0.39 is 0 Å². The molecule has 0 fully saturated rings. The number of aromatic nitrogens is 1. The molecule has 5 nitrogen and oxygen atoms in total. The molecule has 5 heteroatoms. The molecule has 0 saturated heterocycles. The fraction of sp³-hybridized carbons (Fsp3) is 0.200. The maximum absolute atomic E-state index is 12.5. The number of rotatable bonds is 6. The van der Waals surface area contributed by atoms with Gasteiger partial charge in [-0.2, -0.15) is 0 Å². The van der Waals surface area contributed by atoms with E-state index in [0.29, 0.717) is 28.8 Å². The van der Waals surface area contributed by atoms with Crippen LogP contribution in [0.2, 0.25) is 0 Å². The summed E-state index contributed by atoms with van der Waals surface area (Å²) < 4.78 is 11.1. The molecule has 0 spiro atoms. The molecule has 1 aromatic heterocycles. The number of nitrogens with one attached hydrogen (secondary N) is 1. The number of methoxy groups -OCH3 is 1. The number of amides is 1. The molecule has 0 aliphatic carbocycles. The maximum atomic E-state index is 12.5. The Kier molecular flexibility index (Phi) is 5.53. The van der Waals surface area contributed by atoms with E-state index in [-0.39, 0.29) is 5.91 Å². The summed E-state index contributed by atoms with van der Waals surface area (Å²) in [5.74, 6) is 1.51. The number of ether oxygens (including phenoxy) is 1. The predicted molar refractivity (Wildman–Crippen MR) is 119 cm³/mol. The molecule has 1 N–H and O–H groups in total. The van der Waals surface area contributed by atoms with E-state index >= 15 is 0 Å². The van der Waals surface area contributed by atoms with Gasteiger partial charge in [-0.1, -0.05) is 26.0 Å². The molecule has 0 aliphatic heterocycles. The Labute approximate surface area is 175 Å². The summed E-state index contributed by atoms with van der Waals surface area (Å²) in [5.41, 5.74) is 4.98. The number of carbonyl (C=O) groups is 1. The fourth-order valence-corrected chi connectivity index (χ4v) is 3.27. The minimum Gasteiger partial charge on any atom is -0.497 e. The molecule has 1 atom stereocenters. The first-order valence-electron chi connectivity index (χ1n) is 10.0. The van der Waals surface area contributed by atoms with Gasteiger partial charge in [-0.25, -0.2) is 4.98 Å². The summed E-state index contributed by atoms with van der Waals surface area (Å²) in [6, 6.07) is 20.7. The van der Waals surface area contributed by atoms with E-state index in [0.717, 1.165) is 23.1 Å². The predicted octanol–water partition coefficient (Wildman–Crippen LogP) is 6.27. The summed E-state index contributed by atoms with van der Waals surface area (Å²) in [5, 5.41) is 2.90. The molecule has 0 saturated carbocycles. The van der Waals surface area contributed by atoms with Crippen molar-refractivity contribution in [1.29, 1.82) is 0 Å². The fourth-order valence-electron chi connectivity index (χ4n) is 3.27. The number of hydrogen-bond acceptors (Lipinski definition) is 4. The van der Waals surface area contributed by atoms with Crippen molar-refractivity contribution in [3.63, 3.8) is 0 Å². The van der Waals surface area contributed by atoms with Gasteiger partial charge in [-0.3, -0.25) is 4.79 Å². The molecular formula is C25H24N2O3. The SMILES string of the molecule is CC[C@H](C)c1ccc2oc(-c3ccc(NC(=O)c4cccc(OC)c4)cc3)nc2c1. The van der Waals surface area contributed by atoms with E-state index in [1.807, 2.05) is 30.3 Å². The highest BCUT2D eigenvalue weighted by atomic mass is 16.5. The molecule has 4 rings (SSSR count). The Morgan fingerprint density at radius 1 is 1.10 bits per heavy atom. The summed E-state index contributed by atoms with van der Waals surface area (Å²) in [7, 11) is 1.58. The van der Waals surface area contributed by atoms with Crippen LogP contribution >= 0.6 is 0 Å². The third-order valence-corrected chi connectivity index (χ3v) is 5.31. The Hall–Kier alpha value is -3.60. The van der Waals surface area contributed by atoms with Crippen LogP contribution in [-0.4, -0.2) is 18.0 Å². The van der Waals surface area contributed by atoms with Crippen molar-refractivity contribution in [2.24, 2.45) is 0 Å². The molecule has 0 bridgehead atoms. The molecule has 0 radical (unpaired) electrons. The molecule has 1 heterocycles. The second-order valence-corrected chi connectivity index (χ2v) is 7.32. The zero-order valence-corrected chi connectivity index (χ0v) is 17.3. The smallest absolute Gasteiger partial charge is 0.255 e. The van der Waals surface area contributed by atoms with Gasteiger partial charge in [-0.15, -0.1) is 0 Å². The molecule has 0 unspecified atom stereocenters. The lowest BCUT2D eigenvalue weighted by atomic mass is 9.98. The Morgan fingerprint density at radius 3 is 2.63 bits per heavy atom. The average molecular weight is 400 g/mol.